The Hall–Kier alpha value is -1.96. The number of carboxylic acids is 1. The molecular weight excluding hydrogens is 204 g/mol. The van der Waals surface area contributed by atoms with Crippen molar-refractivity contribution >= 4 is 11.9 Å². The van der Waals surface area contributed by atoms with Gasteiger partial charge < -0.3 is 5.11 Å². The van der Waals surface area contributed by atoms with Crippen molar-refractivity contribution in [3.8, 4) is 0 Å². The molecule has 0 aromatic carbocycles. The van der Waals surface area contributed by atoms with Crippen molar-refractivity contribution in [3.63, 3.8) is 0 Å². The van der Waals surface area contributed by atoms with Crippen LogP contribution in [0.3, 0.4) is 0 Å². The molecule has 0 fully saturated rings. The Kier molecular flexibility index (Phi) is 3.75. The Morgan fingerprint density at radius 2 is 2.33 bits per heavy atom. The molecule has 8 nitrogen and oxygen atoms in total. The van der Waals surface area contributed by atoms with E-state index in [0.717, 1.165) is 0 Å². The average Bonchev–Trinajstić information content (AvgIpc) is 2.65. The van der Waals surface area contributed by atoms with E-state index in [1.807, 2.05) is 12.4 Å². The molecule has 1 rings (SSSR count). The summed E-state index contributed by atoms with van der Waals surface area (Å²) < 4.78 is 0. The van der Waals surface area contributed by atoms with Gasteiger partial charge in [-0.2, -0.15) is 0 Å². The van der Waals surface area contributed by atoms with Crippen molar-refractivity contribution in [2.75, 3.05) is 6.61 Å². The molecule has 1 heterocycles. The summed E-state index contributed by atoms with van der Waals surface area (Å²) in [5.74, 6) is -1.39. The summed E-state index contributed by atoms with van der Waals surface area (Å²) in [4.78, 5) is 29.4. The summed E-state index contributed by atoms with van der Waals surface area (Å²) >= 11 is 0. The number of H-pyrrole nitrogens is 1. The van der Waals surface area contributed by atoms with Crippen LogP contribution >= 0.6 is 0 Å². The molecule has 1 amide bonds. The third kappa shape index (κ3) is 3.35. The monoisotopic (exact) mass is 214 g/mol. The number of amides is 1. The Labute approximate surface area is 84.6 Å². The van der Waals surface area contributed by atoms with Crippen molar-refractivity contribution in [1.29, 1.82) is 0 Å². The number of carbonyl (C=O) groups is 2. The number of carboxylic acid groups (broad SMARTS) is 1. The van der Waals surface area contributed by atoms with Gasteiger partial charge in [0.25, 0.3) is 0 Å². The molecular formula is C7H10N4O4. The lowest BCUT2D eigenvalue weighted by Crippen LogP contribution is -2.27. The van der Waals surface area contributed by atoms with Crippen LogP contribution < -0.4 is 5.48 Å². The minimum absolute atomic E-state index is 0.0859. The van der Waals surface area contributed by atoms with Gasteiger partial charge in [0.2, 0.25) is 5.82 Å². The fourth-order valence-electron chi connectivity index (χ4n) is 0.764. The van der Waals surface area contributed by atoms with E-state index in [1.165, 1.54) is 0 Å². The average molecular weight is 214 g/mol. The van der Waals surface area contributed by atoms with E-state index >= 15 is 0 Å². The van der Waals surface area contributed by atoms with Gasteiger partial charge in [0.1, 0.15) is 5.82 Å². The zero-order valence-corrected chi connectivity index (χ0v) is 7.98. The molecule has 1 aromatic heterocycles. The predicted octanol–water partition coefficient (Wildman–Crippen LogP) is -0.887. The number of aromatic nitrogens is 3. The van der Waals surface area contributed by atoms with E-state index in [4.69, 9.17) is 5.11 Å². The third-order valence-electron chi connectivity index (χ3n) is 1.43. The van der Waals surface area contributed by atoms with Gasteiger partial charge in [0, 0.05) is 6.42 Å². The highest BCUT2D eigenvalue weighted by Gasteiger charge is 2.12. The first-order chi connectivity index (χ1) is 7.13. The van der Waals surface area contributed by atoms with Crippen LogP contribution in [0.15, 0.2) is 0 Å². The van der Waals surface area contributed by atoms with E-state index < -0.39 is 18.5 Å². The van der Waals surface area contributed by atoms with Crippen LogP contribution in [-0.4, -0.2) is 38.8 Å². The van der Waals surface area contributed by atoms with Gasteiger partial charge in [-0.1, -0.05) is 6.92 Å². The molecule has 0 atom stereocenters. The molecule has 0 aliphatic carbocycles. The van der Waals surface area contributed by atoms with Crippen LogP contribution in [0.1, 0.15) is 23.4 Å². The molecule has 0 unspecified atom stereocenters. The molecule has 0 spiro atoms. The van der Waals surface area contributed by atoms with Gasteiger partial charge in [-0.15, -0.1) is 5.10 Å². The molecule has 0 saturated carbocycles. The number of carbonyl (C=O) groups excluding carboxylic acids is 1. The molecule has 1 aromatic rings. The van der Waals surface area contributed by atoms with Gasteiger partial charge in [0.05, 0.1) is 0 Å². The maximum absolute atomic E-state index is 11.2. The van der Waals surface area contributed by atoms with Gasteiger partial charge >= 0.3 is 11.9 Å². The largest absolute Gasteiger partial charge is 0.479 e. The Balaban J connectivity index is 2.43. The summed E-state index contributed by atoms with van der Waals surface area (Å²) in [6, 6.07) is 0. The van der Waals surface area contributed by atoms with Gasteiger partial charge in [0.15, 0.2) is 6.61 Å². The minimum Gasteiger partial charge on any atom is -0.479 e. The second-order valence-corrected chi connectivity index (χ2v) is 2.57. The maximum Gasteiger partial charge on any atom is 0.332 e. The molecule has 8 heteroatoms. The van der Waals surface area contributed by atoms with Gasteiger partial charge in [-0.3, -0.25) is 14.7 Å². The number of nitrogens with one attached hydrogen (secondary N) is 2. The van der Waals surface area contributed by atoms with Crippen molar-refractivity contribution in [2.24, 2.45) is 0 Å². The van der Waals surface area contributed by atoms with E-state index in [1.54, 1.807) is 0 Å². The quantitative estimate of drug-likeness (QED) is 0.547. The first kappa shape index (κ1) is 11.1. The molecule has 0 aliphatic rings. The normalized spacial score (nSPS) is 9.93. The lowest BCUT2D eigenvalue weighted by molar-refractivity contribution is -0.144. The first-order valence-corrected chi connectivity index (χ1v) is 4.18. The topological polar surface area (TPSA) is 117 Å². The van der Waals surface area contributed by atoms with Crippen LogP contribution in [-0.2, 0) is 16.1 Å². The third-order valence-corrected chi connectivity index (χ3v) is 1.43. The van der Waals surface area contributed by atoms with Crippen LogP contribution in [0, 0.1) is 0 Å². The highest BCUT2D eigenvalue weighted by Crippen LogP contribution is 1.92. The number of rotatable bonds is 5. The SMILES string of the molecule is CCc1nc(C(=O)NOCC(=O)O)n[nH]1. The highest BCUT2D eigenvalue weighted by molar-refractivity contribution is 5.89. The second kappa shape index (κ2) is 5.05. The summed E-state index contributed by atoms with van der Waals surface area (Å²) in [6.07, 6.45) is 0.621. The lowest BCUT2D eigenvalue weighted by atomic mass is 10.5. The van der Waals surface area contributed by atoms with E-state index in [-0.39, 0.29) is 5.82 Å². The number of nitrogens with zero attached hydrogens (tertiary/aromatic N) is 2. The van der Waals surface area contributed by atoms with Crippen LogP contribution in [0.25, 0.3) is 0 Å². The predicted molar refractivity (Wildman–Crippen MR) is 46.8 cm³/mol. The number of aliphatic carboxylic acids is 1. The summed E-state index contributed by atoms with van der Waals surface area (Å²) in [7, 11) is 0. The van der Waals surface area contributed by atoms with Crippen LogP contribution in [0.5, 0.6) is 0 Å². The molecule has 0 radical (unpaired) electrons. The van der Waals surface area contributed by atoms with Gasteiger partial charge in [-0.25, -0.2) is 15.3 Å². The number of hydrogen-bond donors (Lipinski definition) is 3. The molecule has 0 aliphatic heterocycles. The maximum atomic E-state index is 11.2. The summed E-state index contributed by atoms with van der Waals surface area (Å²) in [6.45, 7) is 1.24. The molecule has 82 valence electrons. The Morgan fingerprint density at radius 1 is 1.60 bits per heavy atom. The smallest absolute Gasteiger partial charge is 0.332 e. The molecule has 15 heavy (non-hydrogen) atoms. The van der Waals surface area contributed by atoms with Crippen LogP contribution in [0.4, 0.5) is 0 Å². The Morgan fingerprint density at radius 3 is 2.87 bits per heavy atom. The number of hydroxylamine groups is 1. The number of aromatic amines is 1. The Bertz CT molecular complexity index is 362. The summed E-state index contributed by atoms with van der Waals surface area (Å²) in [5.41, 5.74) is 1.90. The highest BCUT2D eigenvalue weighted by atomic mass is 16.7. The summed E-state index contributed by atoms with van der Waals surface area (Å²) in [5, 5.41) is 14.4. The van der Waals surface area contributed by atoms with E-state index in [2.05, 4.69) is 20.0 Å². The fraction of sp³-hybridized carbons (Fsp3) is 0.429. The number of aryl methyl sites for hydroxylation is 1. The van der Waals surface area contributed by atoms with Crippen LogP contribution in [0.2, 0.25) is 0 Å². The second-order valence-electron chi connectivity index (χ2n) is 2.57. The molecule has 0 saturated heterocycles. The van der Waals surface area contributed by atoms with Crippen molar-refractivity contribution in [1.82, 2.24) is 20.7 Å². The lowest BCUT2D eigenvalue weighted by Gasteiger charge is -1.99. The molecule has 0 bridgehead atoms. The van der Waals surface area contributed by atoms with Crippen molar-refractivity contribution < 1.29 is 19.5 Å². The number of hydrogen-bond acceptors (Lipinski definition) is 5. The molecule has 3 N–H and O–H groups in total. The van der Waals surface area contributed by atoms with E-state index in [9.17, 15) is 9.59 Å². The zero-order chi connectivity index (χ0) is 11.3. The van der Waals surface area contributed by atoms with E-state index in [0.29, 0.717) is 12.2 Å². The minimum atomic E-state index is -1.18. The van der Waals surface area contributed by atoms with Gasteiger partial charge in [-0.05, 0) is 0 Å². The van der Waals surface area contributed by atoms with Crippen molar-refractivity contribution in [2.45, 2.75) is 13.3 Å². The van der Waals surface area contributed by atoms with Crippen molar-refractivity contribution in [3.05, 3.63) is 11.6 Å². The fourth-order valence-corrected chi connectivity index (χ4v) is 0.764. The first-order valence-electron chi connectivity index (χ1n) is 4.18. The standard InChI is InChI=1S/C7H10N4O4/c1-2-4-8-6(10-9-4)7(14)11-15-3-5(12)13/h2-3H2,1H3,(H,11,14)(H,12,13)(H,8,9,10). The zero-order valence-electron chi connectivity index (χ0n) is 7.98.